The summed E-state index contributed by atoms with van der Waals surface area (Å²) in [5, 5.41) is 7.90. The van der Waals surface area contributed by atoms with Gasteiger partial charge in [0.15, 0.2) is 0 Å². The molecule has 0 saturated heterocycles. The molecule has 1 atom stereocenters. The maximum atomic E-state index is 13.5. The van der Waals surface area contributed by atoms with Crippen molar-refractivity contribution >= 4 is 15.9 Å². The number of rotatable bonds is 7. The summed E-state index contributed by atoms with van der Waals surface area (Å²) in [4.78, 5) is 0. The highest BCUT2D eigenvalue weighted by atomic mass is 79.9. The van der Waals surface area contributed by atoms with E-state index < -0.39 is 0 Å². The average molecular weight is 354 g/mol. The monoisotopic (exact) mass is 353 g/mol. The van der Waals surface area contributed by atoms with Gasteiger partial charge in [0.1, 0.15) is 5.82 Å². The van der Waals surface area contributed by atoms with Gasteiger partial charge in [-0.05, 0) is 46.9 Å². The van der Waals surface area contributed by atoms with Gasteiger partial charge in [-0.3, -0.25) is 4.68 Å². The molecule has 2 aromatic rings. The normalized spacial score (nSPS) is 12.6. The predicted octanol–water partition coefficient (Wildman–Crippen LogP) is 4.28. The standard InChI is InChI=1S/C16H21BrFN3/c1-3-8-19-15(4-2)13-9-20-21(11-13)10-12-6-5-7-14(18)16(12)17/h5-7,9,11,15,19H,3-4,8,10H2,1-2H3. The Hall–Kier alpha value is -1.20. The second kappa shape index (κ2) is 7.71. The number of benzene rings is 1. The van der Waals surface area contributed by atoms with Crippen LogP contribution in [0.4, 0.5) is 4.39 Å². The van der Waals surface area contributed by atoms with Crippen LogP contribution in [-0.2, 0) is 6.54 Å². The van der Waals surface area contributed by atoms with Crippen LogP contribution in [0.3, 0.4) is 0 Å². The Kier molecular flexibility index (Phi) is 5.94. The molecule has 0 aliphatic rings. The fourth-order valence-corrected chi connectivity index (χ4v) is 2.70. The zero-order valence-electron chi connectivity index (χ0n) is 12.4. The van der Waals surface area contributed by atoms with Crippen molar-refractivity contribution < 1.29 is 4.39 Å². The van der Waals surface area contributed by atoms with E-state index in [-0.39, 0.29) is 5.82 Å². The van der Waals surface area contributed by atoms with E-state index >= 15 is 0 Å². The van der Waals surface area contributed by atoms with Gasteiger partial charge in [0.2, 0.25) is 0 Å². The molecule has 2 rings (SSSR count). The molecule has 0 aliphatic heterocycles. The van der Waals surface area contributed by atoms with Crippen LogP contribution in [0.5, 0.6) is 0 Å². The molecular weight excluding hydrogens is 333 g/mol. The first-order valence-electron chi connectivity index (χ1n) is 7.34. The van der Waals surface area contributed by atoms with E-state index in [9.17, 15) is 4.39 Å². The van der Waals surface area contributed by atoms with Crippen LogP contribution in [0.2, 0.25) is 0 Å². The summed E-state index contributed by atoms with van der Waals surface area (Å²) in [5.74, 6) is -0.240. The molecule has 1 N–H and O–H groups in total. The maximum absolute atomic E-state index is 13.5. The second-order valence-electron chi connectivity index (χ2n) is 5.10. The first-order valence-corrected chi connectivity index (χ1v) is 8.13. The summed E-state index contributed by atoms with van der Waals surface area (Å²) < 4.78 is 15.9. The molecule has 1 aromatic carbocycles. The van der Waals surface area contributed by atoms with Crippen LogP contribution in [-0.4, -0.2) is 16.3 Å². The van der Waals surface area contributed by atoms with Crippen LogP contribution >= 0.6 is 15.9 Å². The minimum absolute atomic E-state index is 0.240. The third kappa shape index (κ3) is 4.14. The molecule has 0 aliphatic carbocycles. The Morgan fingerprint density at radius 3 is 2.90 bits per heavy atom. The first-order chi connectivity index (χ1) is 10.2. The lowest BCUT2D eigenvalue weighted by Gasteiger charge is -2.14. The molecule has 0 radical (unpaired) electrons. The molecule has 5 heteroatoms. The van der Waals surface area contributed by atoms with Crippen LogP contribution in [0.1, 0.15) is 43.9 Å². The molecule has 1 heterocycles. The van der Waals surface area contributed by atoms with E-state index in [1.54, 1.807) is 6.07 Å². The lowest BCUT2D eigenvalue weighted by Crippen LogP contribution is -2.21. The molecule has 114 valence electrons. The van der Waals surface area contributed by atoms with Gasteiger partial charge in [0, 0.05) is 17.8 Å². The van der Waals surface area contributed by atoms with Crippen molar-refractivity contribution in [2.45, 2.75) is 39.3 Å². The van der Waals surface area contributed by atoms with E-state index in [0.29, 0.717) is 17.1 Å². The van der Waals surface area contributed by atoms with Gasteiger partial charge in [-0.1, -0.05) is 26.0 Å². The smallest absolute Gasteiger partial charge is 0.137 e. The fourth-order valence-electron chi connectivity index (χ4n) is 2.31. The topological polar surface area (TPSA) is 29.9 Å². The summed E-state index contributed by atoms with van der Waals surface area (Å²) >= 11 is 3.29. The van der Waals surface area contributed by atoms with Crippen molar-refractivity contribution in [2.75, 3.05) is 6.54 Å². The highest BCUT2D eigenvalue weighted by Gasteiger charge is 2.12. The van der Waals surface area contributed by atoms with E-state index in [2.05, 4.69) is 40.2 Å². The van der Waals surface area contributed by atoms with Crippen LogP contribution < -0.4 is 5.32 Å². The molecule has 0 saturated carbocycles. The van der Waals surface area contributed by atoms with Crippen molar-refractivity contribution in [3.8, 4) is 0 Å². The Morgan fingerprint density at radius 1 is 1.38 bits per heavy atom. The average Bonchev–Trinajstić information content (AvgIpc) is 2.93. The molecule has 0 fully saturated rings. The highest BCUT2D eigenvalue weighted by Crippen LogP contribution is 2.22. The molecule has 0 bridgehead atoms. The minimum atomic E-state index is -0.240. The molecule has 1 unspecified atom stereocenters. The van der Waals surface area contributed by atoms with Crippen molar-refractivity contribution in [2.24, 2.45) is 0 Å². The van der Waals surface area contributed by atoms with Crippen molar-refractivity contribution in [3.63, 3.8) is 0 Å². The summed E-state index contributed by atoms with van der Waals surface area (Å²) in [5.41, 5.74) is 2.07. The Labute approximate surface area is 133 Å². The lowest BCUT2D eigenvalue weighted by molar-refractivity contribution is 0.517. The minimum Gasteiger partial charge on any atom is -0.310 e. The summed E-state index contributed by atoms with van der Waals surface area (Å²) in [7, 11) is 0. The van der Waals surface area contributed by atoms with E-state index in [1.165, 1.54) is 11.6 Å². The van der Waals surface area contributed by atoms with Gasteiger partial charge < -0.3 is 5.32 Å². The van der Waals surface area contributed by atoms with Crippen molar-refractivity contribution in [3.05, 3.63) is 52.0 Å². The number of hydrogen-bond donors (Lipinski definition) is 1. The van der Waals surface area contributed by atoms with Crippen molar-refractivity contribution in [1.82, 2.24) is 15.1 Å². The third-order valence-electron chi connectivity index (χ3n) is 3.47. The van der Waals surface area contributed by atoms with Gasteiger partial charge >= 0.3 is 0 Å². The molecule has 21 heavy (non-hydrogen) atoms. The van der Waals surface area contributed by atoms with E-state index in [0.717, 1.165) is 24.9 Å². The molecular formula is C16H21BrFN3. The number of nitrogens with one attached hydrogen (secondary N) is 1. The maximum Gasteiger partial charge on any atom is 0.137 e. The molecule has 0 amide bonds. The van der Waals surface area contributed by atoms with Crippen molar-refractivity contribution in [1.29, 1.82) is 0 Å². The number of aromatic nitrogens is 2. The number of nitrogens with zero attached hydrogens (tertiary/aromatic N) is 2. The summed E-state index contributed by atoms with van der Waals surface area (Å²) in [6.45, 7) is 5.88. The fraction of sp³-hybridized carbons (Fsp3) is 0.438. The Morgan fingerprint density at radius 2 is 2.19 bits per heavy atom. The SMILES string of the molecule is CCCNC(CC)c1cnn(Cc2cccc(F)c2Br)c1. The largest absolute Gasteiger partial charge is 0.310 e. The number of hydrogen-bond acceptors (Lipinski definition) is 2. The molecule has 1 aromatic heterocycles. The Balaban J connectivity index is 2.10. The lowest BCUT2D eigenvalue weighted by atomic mass is 10.1. The quantitative estimate of drug-likeness (QED) is 0.804. The molecule has 0 spiro atoms. The van der Waals surface area contributed by atoms with E-state index in [1.807, 2.05) is 23.1 Å². The second-order valence-corrected chi connectivity index (χ2v) is 5.89. The van der Waals surface area contributed by atoms with Crippen LogP contribution in [0.25, 0.3) is 0 Å². The van der Waals surface area contributed by atoms with E-state index in [4.69, 9.17) is 0 Å². The molecule has 3 nitrogen and oxygen atoms in total. The van der Waals surface area contributed by atoms with Crippen LogP contribution in [0.15, 0.2) is 35.1 Å². The van der Waals surface area contributed by atoms with Crippen LogP contribution in [0, 0.1) is 5.82 Å². The Bertz CT molecular complexity index is 583. The third-order valence-corrected chi connectivity index (χ3v) is 4.36. The van der Waals surface area contributed by atoms with Gasteiger partial charge in [-0.15, -0.1) is 0 Å². The zero-order chi connectivity index (χ0) is 15.2. The summed E-state index contributed by atoms with van der Waals surface area (Å²) in [6.07, 6.45) is 6.06. The van der Waals surface area contributed by atoms with Gasteiger partial charge in [-0.2, -0.15) is 5.10 Å². The predicted molar refractivity (Wildman–Crippen MR) is 86.8 cm³/mol. The summed E-state index contributed by atoms with van der Waals surface area (Å²) in [6, 6.07) is 5.40. The van der Waals surface area contributed by atoms with Gasteiger partial charge in [0.25, 0.3) is 0 Å². The zero-order valence-corrected chi connectivity index (χ0v) is 14.0. The first kappa shape index (κ1) is 16.2. The highest BCUT2D eigenvalue weighted by molar-refractivity contribution is 9.10. The number of halogens is 2. The van der Waals surface area contributed by atoms with Gasteiger partial charge in [-0.25, -0.2) is 4.39 Å². The van der Waals surface area contributed by atoms with Gasteiger partial charge in [0.05, 0.1) is 17.2 Å².